The Hall–Kier alpha value is -0.920. The van der Waals surface area contributed by atoms with E-state index in [4.69, 9.17) is 10.5 Å². The third-order valence-corrected chi connectivity index (χ3v) is 2.75. The Balaban J connectivity index is 2.81. The minimum absolute atomic E-state index is 0.131. The van der Waals surface area contributed by atoms with Crippen molar-refractivity contribution in [1.82, 2.24) is 15.0 Å². The van der Waals surface area contributed by atoms with Gasteiger partial charge in [0.15, 0.2) is 5.16 Å². The number of thioether (sulfide) groups is 1. The third kappa shape index (κ3) is 4.45. The lowest BCUT2D eigenvalue weighted by Crippen LogP contribution is -2.16. The standard InChI is InChI=1S/C10H19N5OS/c1-7(6-11)8-13-9(12-4-5-16-2)15-10(14-8)17-3/h7H,4-6,11H2,1-3H3,(H,12,13,14,15). The van der Waals surface area contributed by atoms with E-state index in [1.165, 1.54) is 11.8 Å². The second-order valence-corrected chi connectivity index (χ2v) is 4.33. The van der Waals surface area contributed by atoms with Crippen LogP contribution in [-0.4, -0.2) is 48.0 Å². The van der Waals surface area contributed by atoms with E-state index in [-0.39, 0.29) is 5.92 Å². The minimum Gasteiger partial charge on any atom is -0.383 e. The Labute approximate surface area is 106 Å². The number of nitrogens with two attached hydrogens (primary N) is 1. The summed E-state index contributed by atoms with van der Waals surface area (Å²) >= 11 is 1.49. The van der Waals surface area contributed by atoms with Gasteiger partial charge in [0.2, 0.25) is 5.95 Å². The fourth-order valence-corrected chi connectivity index (χ4v) is 1.50. The second kappa shape index (κ2) is 7.41. The van der Waals surface area contributed by atoms with Gasteiger partial charge in [-0.3, -0.25) is 0 Å². The fourth-order valence-electron chi connectivity index (χ4n) is 1.13. The summed E-state index contributed by atoms with van der Waals surface area (Å²) in [6, 6.07) is 0. The lowest BCUT2D eigenvalue weighted by Gasteiger charge is -2.10. The van der Waals surface area contributed by atoms with Crippen LogP contribution in [0.15, 0.2) is 5.16 Å². The Kier molecular flexibility index (Phi) is 6.17. The van der Waals surface area contributed by atoms with E-state index >= 15 is 0 Å². The topological polar surface area (TPSA) is 86.0 Å². The van der Waals surface area contributed by atoms with E-state index in [9.17, 15) is 0 Å². The normalized spacial score (nSPS) is 12.5. The highest BCUT2D eigenvalue weighted by Crippen LogP contribution is 2.15. The molecule has 0 aliphatic heterocycles. The quantitative estimate of drug-likeness (QED) is 0.549. The van der Waals surface area contributed by atoms with Crippen molar-refractivity contribution in [2.24, 2.45) is 5.73 Å². The maximum Gasteiger partial charge on any atom is 0.227 e. The number of hydrogen-bond donors (Lipinski definition) is 2. The van der Waals surface area contributed by atoms with Crippen LogP contribution in [0.5, 0.6) is 0 Å². The third-order valence-electron chi connectivity index (χ3n) is 2.20. The Bertz CT molecular complexity index is 349. The van der Waals surface area contributed by atoms with Gasteiger partial charge in [0.1, 0.15) is 5.82 Å². The molecule has 96 valence electrons. The van der Waals surface area contributed by atoms with Gasteiger partial charge < -0.3 is 15.8 Å². The molecule has 1 atom stereocenters. The molecule has 0 fully saturated rings. The maximum absolute atomic E-state index is 5.62. The van der Waals surface area contributed by atoms with E-state index in [0.717, 1.165) is 5.82 Å². The van der Waals surface area contributed by atoms with Crippen molar-refractivity contribution in [3.8, 4) is 0 Å². The molecule has 0 bridgehead atoms. The first kappa shape index (κ1) is 14.1. The van der Waals surface area contributed by atoms with Gasteiger partial charge in [0.05, 0.1) is 6.61 Å². The molecule has 0 radical (unpaired) electrons. The van der Waals surface area contributed by atoms with Crippen LogP contribution in [0.25, 0.3) is 0 Å². The molecular weight excluding hydrogens is 238 g/mol. The van der Waals surface area contributed by atoms with E-state index in [0.29, 0.717) is 30.8 Å². The minimum atomic E-state index is 0.131. The van der Waals surface area contributed by atoms with Gasteiger partial charge in [-0.05, 0) is 6.26 Å². The molecule has 1 rings (SSSR count). The predicted molar refractivity (Wildman–Crippen MR) is 69.4 cm³/mol. The average molecular weight is 257 g/mol. The predicted octanol–water partition coefficient (Wildman–Crippen LogP) is 0.714. The van der Waals surface area contributed by atoms with Crippen LogP contribution in [-0.2, 0) is 4.74 Å². The largest absolute Gasteiger partial charge is 0.383 e. The summed E-state index contributed by atoms with van der Waals surface area (Å²) in [7, 11) is 1.66. The number of anilines is 1. The molecule has 0 aliphatic rings. The molecule has 0 spiro atoms. The van der Waals surface area contributed by atoms with Gasteiger partial charge in [0.25, 0.3) is 0 Å². The highest BCUT2D eigenvalue weighted by Gasteiger charge is 2.11. The van der Waals surface area contributed by atoms with Gasteiger partial charge in [0, 0.05) is 26.1 Å². The Morgan fingerprint density at radius 1 is 1.41 bits per heavy atom. The highest BCUT2D eigenvalue weighted by molar-refractivity contribution is 7.98. The molecular formula is C10H19N5OS. The summed E-state index contributed by atoms with van der Waals surface area (Å²) in [6.45, 7) is 3.81. The van der Waals surface area contributed by atoms with Gasteiger partial charge in [-0.1, -0.05) is 18.7 Å². The van der Waals surface area contributed by atoms with Crippen LogP contribution in [0.3, 0.4) is 0 Å². The molecule has 0 aromatic carbocycles. The SMILES string of the molecule is COCCNc1nc(SC)nc(C(C)CN)n1. The average Bonchev–Trinajstić information content (AvgIpc) is 2.37. The Morgan fingerprint density at radius 2 is 2.18 bits per heavy atom. The molecule has 1 unspecified atom stereocenters. The van der Waals surface area contributed by atoms with Crippen LogP contribution >= 0.6 is 11.8 Å². The summed E-state index contributed by atoms with van der Waals surface area (Å²) in [6.07, 6.45) is 1.94. The maximum atomic E-state index is 5.62. The molecule has 17 heavy (non-hydrogen) atoms. The zero-order chi connectivity index (χ0) is 12.7. The number of nitrogens with zero attached hydrogens (tertiary/aromatic N) is 3. The van der Waals surface area contributed by atoms with Crippen molar-refractivity contribution in [3.05, 3.63) is 5.82 Å². The zero-order valence-electron chi connectivity index (χ0n) is 10.4. The van der Waals surface area contributed by atoms with Crippen molar-refractivity contribution in [2.75, 3.05) is 38.4 Å². The van der Waals surface area contributed by atoms with E-state index < -0.39 is 0 Å². The van der Waals surface area contributed by atoms with Gasteiger partial charge in [-0.2, -0.15) is 9.97 Å². The van der Waals surface area contributed by atoms with Crippen molar-refractivity contribution in [1.29, 1.82) is 0 Å². The van der Waals surface area contributed by atoms with Crippen molar-refractivity contribution in [3.63, 3.8) is 0 Å². The monoisotopic (exact) mass is 257 g/mol. The first-order valence-corrected chi connectivity index (χ1v) is 6.66. The van der Waals surface area contributed by atoms with E-state index in [1.54, 1.807) is 7.11 Å². The van der Waals surface area contributed by atoms with Crippen LogP contribution in [0, 0.1) is 0 Å². The lowest BCUT2D eigenvalue weighted by molar-refractivity contribution is 0.210. The molecule has 1 aromatic heterocycles. The van der Waals surface area contributed by atoms with Crippen molar-refractivity contribution >= 4 is 17.7 Å². The van der Waals surface area contributed by atoms with Gasteiger partial charge >= 0.3 is 0 Å². The number of aromatic nitrogens is 3. The number of ether oxygens (including phenoxy) is 1. The number of rotatable bonds is 7. The van der Waals surface area contributed by atoms with Crippen LogP contribution in [0.1, 0.15) is 18.7 Å². The molecule has 0 saturated heterocycles. The van der Waals surface area contributed by atoms with Crippen LogP contribution in [0.2, 0.25) is 0 Å². The van der Waals surface area contributed by atoms with Gasteiger partial charge in [-0.15, -0.1) is 0 Å². The number of hydrogen-bond acceptors (Lipinski definition) is 7. The van der Waals surface area contributed by atoms with Crippen LogP contribution in [0.4, 0.5) is 5.95 Å². The van der Waals surface area contributed by atoms with Crippen molar-refractivity contribution < 1.29 is 4.74 Å². The summed E-state index contributed by atoms with van der Waals surface area (Å²) in [5.41, 5.74) is 5.62. The molecule has 1 aromatic rings. The Morgan fingerprint density at radius 3 is 2.76 bits per heavy atom. The molecule has 7 heteroatoms. The smallest absolute Gasteiger partial charge is 0.227 e. The second-order valence-electron chi connectivity index (χ2n) is 3.56. The van der Waals surface area contributed by atoms with Crippen LogP contribution < -0.4 is 11.1 Å². The molecule has 3 N–H and O–H groups in total. The first-order chi connectivity index (χ1) is 8.21. The fraction of sp³-hybridized carbons (Fsp3) is 0.700. The summed E-state index contributed by atoms with van der Waals surface area (Å²) in [5, 5.41) is 3.80. The molecule has 0 aliphatic carbocycles. The number of methoxy groups -OCH3 is 1. The highest BCUT2D eigenvalue weighted by atomic mass is 32.2. The van der Waals surface area contributed by atoms with E-state index in [1.807, 2.05) is 13.2 Å². The zero-order valence-corrected chi connectivity index (χ0v) is 11.3. The van der Waals surface area contributed by atoms with Crippen molar-refractivity contribution in [2.45, 2.75) is 18.0 Å². The molecule has 1 heterocycles. The lowest BCUT2D eigenvalue weighted by atomic mass is 10.2. The summed E-state index contributed by atoms with van der Waals surface area (Å²) in [5.74, 6) is 1.44. The van der Waals surface area contributed by atoms with E-state index in [2.05, 4.69) is 20.3 Å². The summed E-state index contributed by atoms with van der Waals surface area (Å²) in [4.78, 5) is 13.0. The molecule has 0 amide bonds. The number of nitrogens with one attached hydrogen (secondary N) is 1. The molecule has 0 saturated carbocycles. The summed E-state index contributed by atoms with van der Waals surface area (Å²) < 4.78 is 4.96. The first-order valence-electron chi connectivity index (χ1n) is 5.44. The molecule has 6 nitrogen and oxygen atoms in total. The van der Waals surface area contributed by atoms with Gasteiger partial charge in [-0.25, -0.2) is 4.98 Å².